The number of carbonyl (C=O) groups is 2. The van der Waals surface area contributed by atoms with Crippen LogP contribution in [0.15, 0.2) is 0 Å². The van der Waals surface area contributed by atoms with Gasteiger partial charge in [0.15, 0.2) is 0 Å². The van der Waals surface area contributed by atoms with Crippen LogP contribution < -0.4 is 10.6 Å². The fraction of sp³-hybridized carbons (Fsp3) is 0.714. The van der Waals surface area contributed by atoms with Crippen LogP contribution in [0.1, 0.15) is 20.8 Å². The summed E-state index contributed by atoms with van der Waals surface area (Å²) in [6.07, 6.45) is 0.502. The van der Waals surface area contributed by atoms with E-state index in [1.807, 2.05) is 20.8 Å². The highest BCUT2D eigenvalue weighted by Crippen LogP contribution is 1.96. The van der Waals surface area contributed by atoms with Crippen molar-refractivity contribution in [3.8, 4) is 0 Å². The zero-order chi connectivity index (χ0) is 8.91. The van der Waals surface area contributed by atoms with Gasteiger partial charge in [-0.3, -0.25) is 9.59 Å². The molecule has 0 aromatic heterocycles. The Kier molecular flexibility index (Phi) is 3.57. The van der Waals surface area contributed by atoms with Gasteiger partial charge in [-0.05, 0) is 20.8 Å². The van der Waals surface area contributed by atoms with E-state index in [0.717, 1.165) is 0 Å². The second-order valence-corrected chi connectivity index (χ2v) is 3.30. The molecule has 0 saturated heterocycles. The van der Waals surface area contributed by atoms with Gasteiger partial charge in [-0.1, -0.05) is 0 Å². The fourth-order valence-electron chi connectivity index (χ4n) is 0.597. The van der Waals surface area contributed by atoms with Crippen molar-refractivity contribution in [2.75, 3.05) is 6.54 Å². The molecule has 2 N–H and O–H groups in total. The molecule has 0 atom stereocenters. The van der Waals surface area contributed by atoms with Crippen LogP contribution in [0.4, 0.5) is 0 Å². The summed E-state index contributed by atoms with van der Waals surface area (Å²) < 4.78 is 0. The SMILES string of the molecule is CC(C)(C)NC(=O)CNC=O. The van der Waals surface area contributed by atoms with Crippen molar-refractivity contribution in [2.24, 2.45) is 0 Å². The average molecular weight is 158 g/mol. The van der Waals surface area contributed by atoms with Crippen LogP contribution in [0.5, 0.6) is 0 Å². The zero-order valence-corrected chi connectivity index (χ0v) is 7.10. The largest absolute Gasteiger partial charge is 0.350 e. The molecule has 11 heavy (non-hydrogen) atoms. The standard InChI is InChI=1S/C7H14N2O2/c1-7(2,3)9-6(11)4-8-5-10/h5H,4H2,1-3H3,(H,8,10)(H,9,11). The van der Waals surface area contributed by atoms with E-state index in [4.69, 9.17) is 0 Å². The molecule has 0 aliphatic carbocycles. The van der Waals surface area contributed by atoms with Crippen molar-refractivity contribution in [2.45, 2.75) is 26.3 Å². The molecule has 0 aromatic rings. The molecule has 4 heteroatoms. The molecule has 0 radical (unpaired) electrons. The first-order valence-corrected chi connectivity index (χ1v) is 3.44. The van der Waals surface area contributed by atoms with Crippen LogP contribution in [0, 0.1) is 0 Å². The highest BCUT2D eigenvalue weighted by atomic mass is 16.2. The number of amides is 2. The van der Waals surface area contributed by atoms with E-state index in [2.05, 4.69) is 10.6 Å². The van der Waals surface area contributed by atoms with Crippen molar-refractivity contribution in [3.05, 3.63) is 0 Å². The molecule has 0 aliphatic rings. The van der Waals surface area contributed by atoms with Crippen molar-refractivity contribution < 1.29 is 9.59 Å². The zero-order valence-electron chi connectivity index (χ0n) is 7.10. The van der Waals surface area contributed by atoms with Gasteiger partial charge in [-0.25, -0.2) is 0 Å². The van der Waals surface area contributed by atoms with Gasteiger partial charge in [0.2, 0.25) is 12.3 Å². The Balaban J connectivity index is 3.61. The first-order chi connectivity index (χ1) is 4.95. The lowest BCUT2D eigenvalue weighted by molar-refractivity contribution is -0.123. The maximum Gasteiger partial charge on any atom is 0.239 e. The molecule has 0 unspecified atom stereocenters. The average Bonchev–Trinajstić information content (AvgIpc) is 1.79. The maximum absolute atomic E-state index is 10.9. The summed E-state index contributed by atoms with van der Waals surface area (Å²) in [5.74, 6) is -0.176. The molecular weight excluding hydrogens is 144 g/mol. The van der Waals surface area contributed by atoms with Crippen molar-refractivity contribution in [1.29, 1.82) is 0 Å². The number of hydrogen-bond acceptors (Lipinski definition) is 2. The third-order valence-corrected chi connectivity index (χ3v) is 0.860. The summed E-state index contributed by atoms with van der Waals surface area (Å²) in [6, 6.07) is 0. The summed E-state index contributed by atoms with van der Waals surface area (Å²) in [6.45, 7) is 5.68. The van der Waals surface area contributed by atoms with Crippen LogP contribution in [0.3, 0.4) is 0 Å². The smallest absolute Gasteiger partial charge is 0.239 e. The Bertz CT molecular complexity index is 149. The molecule has 0 aliphatic heterocycles. The molecule has 0 heterocycles. The van der Waals surface area contributed by atoms with Gasteiger partial charge < -0.3 is 10.6 Å². The Morgan fingerprint density at radius 3 is 2.36 bits per heavy atom. The minimum Gasteiger partial charge on any atom is -0.350 e. The lowest BCUT2D eigenvalue weighted by Crippen LogP contribution is -2.44. The van der Waals surface area contributed by atoms with Crippen molar-refractivity contribution in [3.63, 3.8) is 0 Å². The molecule has 64 valence electrons. The third-order valence-electron chi connectivity index (χ3n) is 0.860. The van der Waals surface area contributed by atoms with E-state index in [1.165, 1.54) is 0 Å². The molecule has 4 nitrogen and oxygen atoms in total. The predicted octanol–water partition coefficient (Wildman–Crippen LogP) is -0.353. The molecule has 0 aromatic carbocycles. The van der Waals surface area contributed by atoms with Crippen LogP contribution >= 0.6 is 0 Å². The second-order valence-electron chi connectivity index (χ2n) is 3.30. The molecule has 0 bridgehead atoms. The lowest BCUT2D eigenvalue weighted by Gasteiger charge is -2.20. The summed E-state index contributed by atoms with van der Waals surface area (Å²) in [4.78, 5) is 20.7. The number of hydrogen-bond donors (Lipinski definition) is 2. The molecule has 0 rings (SSSR count). The molecule has 0 saturated carbocycles. The number of nitrogens with one attached hydrogen (secondary N) is 2. The van der Waals surface area contributed by atoms with Gasteiger partial charge in [-0.2, -0.15) is 0 Å². The van der Waals surface area contributed by atoms with E-state index in [-0.39, 0.29) is 18.0 Å². The Morgan fingerprint density at radius 2 is 2.00 bits per heavy atom. The normalized spacial score (nSPS) is 10.5. The first kappa shape index (κ1) is 9.94. The minimum absolute atomic E-state index is 0.0424. The molecule has 0 fully saturated rings. The molecule has 2 amide bonds. The van der Waals surface area contributed by atoms with Crippen LogP contribution in [-0.2, 0) is 9.59 Å². The highest BCUT2D eigenvalue weighted by molar-refractivity contribution is 5.80. The van der Waals surface area contributed by atoms with Crippen molar-refractivity contribution >= 4 is 12.3 Å². The summed E-state index contributed by atoms with van der Waals surface area (Å²) in [7, 11) is 0. The van der Waals surface area contributed by atoms with E-state index in [0.29, 0.717) is 6.41 Å². The summed E-state index contributed by atoms with van der Waals surface area (Å²) >= 11 is 0. The van der Waals surface area contributed by atoms with Gasteiger partial charge in [0.1, 0.15) is 0 Å². The van der Waals surface area contributed by atoms with Crippen LogP contribution in [-0.4, -0.2) is 24.4 Å². The van der Waals surface area contributed by atoms with E-state index < -0.39 is 0 Å². The Labute approximate surface area is 66.4 Å². The van der Waals surface area contributed by atoms with Gasteiger partial charge in [0, 0.05) is 5.54 Å². The topological polar surface area (TPSA) is 58.2 Å². The van der Waals surface area contributed by atoms with Crippen LogP contribution in [0.2, 0.25) is 0 Å². The van der Waals surface area contributed by atoms with Gasteiger partial charge >= 0.3 is 0 Å². The van der Waals surface area contributed by atoms with Gasteiger partial charge in [0.25, 0.3) is 0 Å². The predicted molar refractivity (Wildman–Crippen MR) is 42.0 cm³/mol. The number of carbonyl (C=O) groups excluding carboxylic acids is 2. The Morgan fingerprint density at radius 1 is 1.45 bits per heavy atom. The fourth-order valence-corrected chi connectivity index (χ4v) is 0.597. The first-order valence-electron chi connectivity index (χ1n) is 3.44. The van der Waals surface area contributed by atoms with Gasteiger partial charge in [-0.15, -0.1) is 0 Å². The van der Waals surface area contributed by atoms with E-state index in [1.54, 1.807) is 0 Å². The quantitative estimate of drug-likeness (QED) is 0.551. The number of rotatable bonds is 3. The van der Waals surface area contributed by atoms with E-state index in [9.17, 15) is 9.59 Å². The van der Waals surface area contributed by atoms with Gasteiger partial charge in [0.05, 0.1) is 6.54 Å². The van der Waals surface area contributed by atoms with E-state index >= 15 is 0 Å². The molecule has 0 spiro atoms. The van der Waals surface area contributed by atoms with Crippen molar-refractivity contribution in [1.82, 2.24) is 10.6 Å². The highest BCUT2D eigenvalue weighted by Gasteiger charge is 2.12. The summed E-state index contributed by atoms with van der Waals surface area (Å²) in [5.41, 5.74) is -0.234. The second kappa shape index (κ2) is 3.95. The maximum atomic E-state index is 10.9. The monoisotopic (exact) mass is 158 g/mol. The summed E-state index contributed by atoms with van der Waals surface area (Å²) in [5, 5.41) is 4.97. The third kappa shape index (κ3) is 6.83. The van der Waals surface area contributed by atoms with Crippen LogP contribution in [0.25, 0.3) is 0 Å². The Hall–Kier alpha value is -1.06. The minimum atomic E-state index is -0.234. The molecular formula is C7H14N2O2. The lowest BCUT2D eigenvalue weighted by atomic mass is 10.1.